The average Bonchev–Trinajstić information content (AvgIpc) is 2.86. The molecule has 2 N–H and O–H groups in total. The fourth-order valence-electron chi connectivity index (χ4n) is 1.91. The lowest BCUT2D eigenvalue weighted by Gasteiger charge is -2.10. The zero-order valence-electron chi connectivity index (χ0n) is 12.1. The molecular weight excluding hydrogens is 274 g/mol. The van der Waals surface area contributed by atoms with Gasteiger partial charge in [-0.25, -0.2) is 4.79 Å². The Balaban J connectivity index is 2.14. The summed E-state index contributed by atoms with van der Waals surface area (Å²) >= 11 is 0. The van der Waals surface area contributed by atoms with Crippen molar-refractivity contribution in [3.8, 4) is 11.5 Å². The SMILES string of the molecule is COc1cc(NCc2cc(C(=O)O)oc2C)cc(OC)c1. The Morgan fingerprint density at radius 3 is 2.29 bits per heavy atom. The Bertz CT molecular complexity index is 625. The topological polar surface area (TPSA) is 80.9 Å². The number of rotatable bonds is 6. The van der Waals surface area contributed by atoms with E-state index in [0.717, 1.165) is 11.3 Å². The van der Waals surface area contributed by atoms with Gasteiger partial charge in [-0.05, 0) is 13.0 Å². The first-order valence-electron chi connectivity index (χ1n) is 6.33. The van der Waals surface area contributed by atoms with Crippen molar-refractivity contribution in [3.05, 3.63) is 41.3 Å². The van der Waals surface area contributed by atoms with Crippen LogP contribution in [0.15, 0.2) is 28.7 Å². The summed E-state index contributed by atoms with van der Waals surface area (Å²) in [5, 5.41) is 12.1. The maximum absolute atomic E-state index is 10.9. The van der Waals surface area contributed by atoms with Crippen molar-refractivity contribution in [1.82, 2.24) is 0 Å². The standard InChI is InChI=1S/C15H17NO5/c1-9-10(4-14(21-9)15(17)18)8-16-11-5-12(19-2)7-13(6-11)20-3/h4-7,16H,8H2,1-3H3,(H,17,18). The molecule has 0 fully saturated rings. The number of aryl methyl sites for hydroxylation is 1. The minimum absolute atomic E-state index is 0.0625. The lowest BCUT2D eigenvalue weighted by atomic mass is 10.2. The summed E-state index contributed by atoms with van der Waals surface area (Å²) in [5.74, 6) is 0.786. The molecule has 0 aliphatic rings. The van der Waals surface area contributed by atoms with Crippen LogP contribution in [-0.4, -0.2) is 25.3 Å². The number of aromatic carboxylic acids is 1. The predicted molar refractivity (Wildman–Crippen MR) is 77.3 cm³/mol. The third-order valence-corrected chi connectivity index (χ3v) is 3.07. The number of hydrogen-bond acceptors (Lipinski definition) is 5. The van der Waals surface area contributed by atoms with Gasteiger partial charge in [0.05, 0.1) is 14.2 Å². The molecule has 0 spiro atoms. The molecule has 0 aliphatic heterocycles. The van der Waals surface area contributed by atoms with Gasteiger partial charge in [0.25, 0.3) is 0 Å². The quantitative estimate of drug-likeness (QED) is 0.851. The molecule has 2 rings (SSSR count). The number of benzene rings is 1. The van der Waals surface area contributed by atoms with Crippen LogP contribution in [0.1, 0.15) is 21.9 Å². The summed E-state index contributed by atoms with van der Waals surface area (Å²) in [5.41, 5.74) is 1.60. The highest BCUT2D eigenvalue weighted by Crippen LogP contribution is 2.26. The molecule has 0 bridgehead atoms. The van der Waals surface area contributed by atoms with E-state index in [0.29, 0.717) is 23.8 Å². The zero-order valence-corrected chi connectivity index (χ0v) is 12.1. The first-order chi connectivity index (χ1) is 10.0. The van der Waals surface area contributed by atoms with Crippen molar-refractivity contribution in [2.24, 2.45) is 0 Å². The van der Waals surface area contributed by atoms with Gasteiger partial charge in [-0.2, -0.15) is 0 Å². The van der Waals surface area contributed by atoms with Crippen LogP contribution in [0, 0.1) is 6.92 Å². The number of methoxy groups -OCH3 is 2. The second-order valence-electron chi connectivity index (χ2n) is 4.45. The fourth-order valence-corrected chi connectivity index (χ4v) is 1.91. The van der Waals surface area contributed by atoms with Gasteiger partial charge in [0.15, 0.2) is 0 Å². The molecule has 6 heteroatoms. The first kappa shape index (κ1) is 14.8. The van der Waals surface area contributed by atoms with E-state index in [1.807, 2.05) is 12.1 Å². The van der Waals surface area contributed by atoms with Gasteiger partial charge < -0.3 is 24.3 Å². The highest BCUT2D eigenvalue weighted by molar-refractivity contribution is 5.84. The number of furan rings is 1. The number of ether oxygens (including phenoxy) is 2. The molecule has 0 amide bonds. The van der Waals surface area contributed by atoms with Gasteiger partial charge in [-0.3, -0.25) is 0 Å². The summed E-state index contributed by atoms with van der Waals surface area (Å²) in [4.78, 5) is 10.9. The fraction of sp³-hybridized carbons (Fsp3) is 0.267. The van der Waals surface area contributed by atoms with Crippen molar-refractivity contribution in [2.75, 3.05) is 19.5 Å². The van der Waals surface area contributed by atoms with Gasteiger partial charge in [0.2, 0.25) is 5.76 Å². The second-order valence-corrected chi connectivity index (χ2v) is 4.45. The lowest BCUT2D eigenvalue weighted by Crippen LogP contribution is -2.00. The monoisotopic (exact) mass is 291 g/mol. The van der Waals surface area contributed by atoms with E-state index < -0.39 is 5.97 Å². The molecule has 6 nitrogen and oxygen atoms in total. The lowest BCUT2D eigenvalue weighted by molar-refractivity contribution is 0.0661. The van der Waals surface area contributed by atoms with Crippen LogP contribution in [0.25, 0.3) is 0 Å². The number of carboxylic acid groups (broad SMARTS) is 1. The summed E-state index contributed by atoms with van der Waals surface area (Å²) in [7, 11) is 3.16. The maximum Gasteiger partial charge on any atom is 0.371 e. The molecule has 21 heavy (non-hydrogen) atoms. The number of carbonyl (C=O) groups is 1. The van der Waals surface area contributed by atoms with E-state index in [1.165, 1.54) is 6.07 Å². The smallest absolute Gasteiger partial charge is 0.371 e. The first-order valence-corrected chi connectivity index (χ1v) is 6.33. The van der Waals surface area contributed by atoms with Gasteiger partial charge in [-0.15, -0.1) is 0 Å². The summed E-state index contributed by atoms with van der Waals surface area (Å²) < 4.78 is 15.6. The van der Waals surface area contributed by atoms with E-state index in [2.05, 4.69) is 5.32 Å². The van der Waals surface area contributed by atoms with Crippen molar-refractivity contribution in [1.29, 1.82) is 0 Å². The molecule has 0 saturated carbocycles. The molecule has 1 heterocycles. The Kier molecular flexibility index (Phi) is 4.37. The van der Waals surface area contributed by atoms with Crippen LogP contribution < -0.4 is 14.8 Å². The van der Waals surface area contributed by atoms with Crippen molar-refractivity contribution < 1.29 is 23.8 Å². The largest absolute Gasteiger partial charge is 0.497 e. The van der Waals surface area contributed by atoms with Crippen LogP contribution >= 0.6 is 0 Å². The Labute approximate surface area is 122 Å². The van der Waals surface area contributed by atoms with Crippen LogP contribution in [0.5, 0.6) is 11.5 Å². The maximum atomic E-state index is 10.9. The molecule has 0 unspecified atom stereocenters. The minimum Gasteiger partial charge on any atom is -0.497 e. The van der Waals surface area contributed by atoms with Crippen LogP contribution in [0.2, 0.25) is 0 Å². The molecular formula is C15H17NO5. The highest BCUT2D eigenvalue weighted by atomic mass is 16.5. The van der Waals surface area contributed by atoms with Crippen LogP contribution in [-0.2, 0) is 6.54 Å². The average molecular weight is 291 g/mol. The van der Waals surface area contributed by atoms with Crippen molar-refractivity contribution in [3.63, 3.8) is 0 Å². The molecule has 0 aliphatic carbocycles. The highest BCUT2D eigenvalue weighted by Gasteiger charge is 2.13. The second kappa shape index (κ2) is 6.21. The number of hydrogen-bond donors (Lipinski definition) is 2. The zero-order chi connectivity index (χ0) is 15.4. The third kappa shape index (κ3) is 3.47. The molecule has 1 aromatic carbocycles. The summed E-state index contributed by atoms with van der Waals surface area (Å²) in [6.45, 7) is 2.18. The van der Waals surface area contributed by atoms with Crippen molar-refractivity contribution >= 4 is 11.7 Å². The van der Waals surface area contributed by atoms with E-state index in [1.54, 1.807) is 27.2 Å². The van der Waals surface area contributed by atoms with Crippen LogP contribution in [0.4, 0.5) is 5.69 Å². The predicted octanol–water partition coefficient (Wildman–Crippen LogP) is 2.92. The van der Waals surface area contributed by atoms with E-state index in [4.69, 9.17) is 19.0 Å². The number of anilines is 1. The molecule has 112 valence electrons. The molecule has 2 aromatic rings. The van der Waals surface area contributed by atoms with E-state index in [-0.39, 0.29) is 5.76 Å². The summed E-state index contributed by atoms with van der Waals surface area (Å²) in [6, 6.07) is 6.95. The summed E-state index contributed by atoms with van der Waals surface area (Å²) in [6.07, 6.45) is 0. The van der Waals surface area contributed by atoms with Gasteiger partial charge in [0, 0.05) is 36.0 Å². The Morgan fingerprint density at radius 1 is 1.19 bits per heavy atom. The molecule has 1 aromatic heterocycles. The van der Waals surface area contributed by atoms with Gasteiger partial charge in [0.1, 0.15) is 17.3 Å². The number of nitrogens with one attached hydrogen (secondary N) is 1. The third-order valence-electron chi connectivity index (χ3n) is 3.07. The molecule has 0 radical (unpaired) electrons. The van der Waals surface area contributed by atoms with Crippen molar-refractivity contribution in [2.45, 2.75) is 13.5 Å². The molecule has 0 saturated heterocycles. The minimum atomic E-state index is -1.08. The molecule has 0 atom stereocenters. The Morgan fingerprint density at radius 2 is 1.81 bits per heavy atom. The van der Waals surface area contributed by atoms with Gasteiger partial charge >= 0.3 is 5.97 Å². The Hall–Kier alpha value is -2.63. The van der Waals surface area contributed by atoms with Crippen LogP contribution in [0.3, 0.4) is 0 Å². The number of carboxylic acids is 1. The normalized spacial score (nSPS) is 10.2. The van der Waals surface area contributed by atoms with Gasteiger partial charge in [-0.1, -0.05) is 0 Å². The van der Waals surface area contributed by atoms with E-state index in [9.17, 15) is 4.79 Å². The van der Waals surface area contributed by atoms with E-state index >= 15 is 0 Å².